The van der Waals surface area contributed by atoms with Gasteiger partial charge in [-0.1, -0.05) is 20.8 Å². The molecule has 0 spiro atoms. The third kappa shape index (κ3) is 3.90. The number of ketones is 1. The molecule has 0 radical (unpaired) electrons. The van der Waals surface area contributed by atoms with Gasteiger partial charge in [0.25, 0.3) is 0 Å². The number of carbonyl (C=O) groups is 1. The summed E-state index contributed by atoms with van der Waals surface area (Å²) in [5, 5.41) is 4.94. The van der Waals surface area contributed by atoms with E-state index in [4.69, 9.17) is 5.14 Å². The van der Waals surface area contributed by atoms with Gasteiger partial charge >= 0.3 is 0 Å². The Morgan fingerprint density at radius 2 is 1.94 bits per heavy atom. The fraction of sp³-hybridized carbons (Fsp3) is 0.455. The number of primary sulfonamides is 1. The summed E-state index contributed by atoms with van der Waals surface area (Å²) in [7, 11) is -3.72. The molecule has 5 nitrogen and oxygen atoms in total. The first-order chi connectivity index (χ1) is 7.60. The minimum Gasteiger partial charge on any atom is -0.299 e. The Labute approximate surface area is 101 Å². The van der Waals surface area contributed by atoms with Crippen LogP contribution in [0.2, 0.25) is 0 Å². The Bertz CT molecular complexity index is 513. The van der Waals surface area contributed by atoms with Crippen LogP contribution in [0, 0.1) is 5.41 Å². The number of aromatic nitrogens is 1. The molecule has 0 unspecified atom stereocenters. The first-order valence-corrected chi connectivity index (χ1v) is 6.66. The molecule has 17 heavy (non-hydrogen) atoms. The maximum atomic E-state index is 11.7. The highest BCUT2D eigenvalue weighted by molar-refractivity contribution is 7.89. The predicted octanol–water partition coefficient (Wildman–Crippen LogP) is 0.887. The summed E-state index contributed by atoms with van der Waals surface area (Å²) < 4.78 is 22.0. The third-order valence-electron chi connectivity index (χ3n) is 2.30. The van der Waals surface area contributed by atoms with Gasteiger partial charge in [-0.25, -0.2) is 13.6 Å². The van der Waals surface area contributed by atoms with Gasteiger partial charge in [0, 0.05) is 23.7 Å². The number of carbonyl (C=O) groups excluding carboxylic acids is 1. The van der Waals surface area contributed by atoms with E-state index < -0.39 is 15.4 Å². The summed E-state index contributed by atoms with van der Waals surface area (Å²) >= 11 is 0. The van der Waals surface area contributed by atoms with Crippen molar-refractivity contribution < 1.29 is 13.2 Å². The monoisotopic (exact) mass is 256 g/mol. The molecule has 0 atom stereocenters. The smallest absolute Gasteiger partial charge is 0.239 e. The van der Waals surface area contributed by atoms with E-state index >= 15 is 0 Å². The molecular formula is C11H16N2O3S. The van der Waals surface area contributed by atoms with E-state index in [0.29, 0.717) is 5.69 Å². The molecule has 0 aliphatic carbocycles. The van der Waals surface area contributed by atoms with Crippen LogP contribution in [-0.2, 0) is 21.2 Å². The van der Waals surface area contributed by atoms with E-state index in [-0.39, 0.29) is 17.1 Å². The summed E-state index contributed by atoms with van der Waals surface area (Å²) in [4.78, 5) is 15.6. The highest BCUT2D eigenvalue weighted by atomic mass is 32.2. The van der Waals surface area contributed by atoms with Crippen molar-refractivity contribution in [3.8, 4) is 0 Å². The number of sulfonamides is 1. The highest BCUT2D eigenvalue weighted by Crippen LogP contribution is 2.17. The molecule has 0 fully saturated rings. The highest BCUT2D eigenvalue weighted by Gasteiger charge is 2.21. The van der Waals surface area contributed by atoms with Crippen LogP contribution in [0.25, 0.3) is 0 Å². The quantitative estimate of drug-likeness (QED) is 0.869. The molecule has 6 heteroatoms. The zero-order valence-corrected chi connectivity index (χ0v) is 10.9. The van der Waals surface area contributed by atoms with Crippen LogP contribution in [0.4, 0.5) is 0 Å². The molecule has 0 aromatic carbocycles. The number of rotatable bonds is 3. The molecule has 1 rings (SSSR count). The lowest BCUT2D eigenvalue weighted by atomic mass is 9.88. The third-order valence-corrected chi connectivity index (χ3v) is 3.20. The molecule has 0 saturated heterocycles. The second-order valence-electron chi connectivity index (χ2n) is 4.88. The Morgan fingerprint density at radius 1 is 1.35 bits per heavy atom. The van der Waals surface area contributed by atoms with Crippen molar-refractivity contribution in [2.24, 2.45) is 10.6 Å². The van der Waals surface area contributed by atoms with E-state index in [9.17, 15) is 13.2 Å². The normalized spacial score (nSPS) is 12.5. The lowest BCUT2D eigenvalue weighted by molar-refractivity contribution is -0.125. The molecule has 1 heterocycles. The minimum absolute atomic E-state index is 0.0494. The minimum atomic E-state index is -3.72. The van der Waals surface area contributed by atoms with Crippen LogP contribution in [0.15, 0.2) is 23.2 Å². The van der Waals surface area contributed by atoms with Crippen molar-refractivity contribution >= 4 is 15.8 Å². The standard InChI is InChI=1S/C11H16N2O3S/c1-11(2,3)10(14)6-8-4-5-9(7-13-8)17(12,15)16/h4-5,7H,6H2,1-3H3,(H2,12,15,16). The van der Waals surface area contributed by atoms with Crippen LogP contribution in [0.1, 0.15) is 26.5 Å². The number of hydrogen-bond acceptors (Lipinski definition) is 4. The molecule has 0 bridgehead atoms. The van der Waals surface area contributed by atoms with Crippen LogP contribution < -0.4 is 5.14 Å². The first kappa shape index (κ1) is 13.8. The summed E-state index contributed by atoms with van der Waals surface area (Å²) in [6.07, 6.45) is 1.36. The lowest BCUT2D eigenvalue weighted by Gasteiger charge is -2.15. The zero-order valence-electron chi connectivity index (χ0n) is 10.1. The van der Waals surface area contributed by atoms with Crippen molar-refractivity contribution in [3.63, 3.8) is 0 Å². The van der Waals surface area contributed by atoms with Gasteiger partial charge in [-0.3, -0.25) is 9.78 Å². The second-order valence-corrected chi connectivity index (χ2v) is 6.44. The van der Waals surface area contributed by atoms with Crippen molar-refractivity contribution in [2.75, 3.05) is 0 Å². The van der Waals surface area contributed by atoms with Gasteiger partial charge < -0.3 is 0 Å². The Kier molecular flexibility index (Phi) is 3.68. The number of nitrogens with two attached hydrogens (primary N) is 1. The maximum Gasteiger partial charge on any atom is 0.239 e. The van der Waals surface area contributed by atoms with Crippen LogP contribution in [0.5, 0.6) is 0 Å². The van der Waals surface area contributed by atoms with E-state index in [1.165, 1.54) is 18.3 Å². The number of nitrogens with zero attached hydrogens (tertiary/aromatic N) is 1. The first-order valence-electron chi connectivity index (χ1n) is 5.12. The zero-order chi connectivity index (χ0) is 13.3. The molecule has 1 aromatic heterocycles. The van der Waals surface area contributed by atoms with Gasteiger partial charge in [0.15, 0.2) is 0 Å². The maximum absolute atomic E-state index is 11.7. The van der Waals surface area contributed by atoms with Gasteiger partial charge in [-0.2, -0.15) is 0 Å². The van der Waals surface area contributed by atoms with E-state index in [0.717, 1.165) is 0 Å². The van der Waals surface area contributed by atoms with Crippen molar-refractivity contribution in [1.29, 1.82) is 0 Å². The average molecular weight is 256 g/mol. The average Bonchev–Trinajstić information content (AvgIpc) is 2.15. The van der Waals surface area contributed by atoms with Crippen molar-refractivity contribution in [3.05, 3.63) is 24.0 Å². The molecule has 94 valence electrons. The van der Waals surface area contributed by atoms with Gasteiger partial charge in [-0.05, 0) is 12.1 Å². The second kappa shape index (κ2) is 4.54. The summed E-state index contributed by atoms with van der Waals surface area (Å²) in [6, 6.07) is 2.86. The molecule has 0 amide bonds. The van der Waals surface area contributed by atoms with Gasteiger partial charge in [0.2, 0.25) is 10.0 Å². The van der Waals surface area contributed by atoms with Crippen molar-refractivity contribution in [2.45, 2.75) is 32.1 Å². The predicted molar refractivity (Wildman–Crippen MR) is 63.8 cm³/mol. The molecule has 2 N–H and O–H groups in total. The number of Topliss-reactive ketones (excluding diaryl/α,β-unsaturated/α-hetero) is 1. The van der Waals surface area contributed by atoms with E-state index in [2.05, 4.69) is 4.98 Å². The summed E-state index contributed by atoms with van der Waals surface area (Å²) in [6.45, 7) is 5.48. The summed E-state index contributed by atoms with van der Waals surface area (Å²) in [5.74, 6) is 0.0494. The fourth-order valence-corrected chi connectivity index (χ4v) is 1.57. The van der Waals surface area contributed by atoms with Gasteiger partial charge in [0.05, 0.1) is 0 Å². The Hall–Kier alpha value is -1.27. The number of pyridine rings is 1. The Morgan fingerprint density at radius 3 is 2.29 bits per heavy atom. The molecule has 0 aliphatic rings. The number of hydrogen-bond donors (Lipinski definition) is 1. The molecular weight excluding hydrogens is 240 g/mol. The van der Waals surface area contributed by atoms with Crippen LogP contribution in [0.3, 0.4) is 0 Å². The van der Waals surface area contributed by atoms with E-state index in [1.54, 1.807) is 0 Å². The largest absolute Gasteiger partial charge is 0.299 e. The van der Waals surface area contributed by atoms with E-state index in [1.807, 2.05) is 20.8 Å². The SMILES string of the molecule is CC(C)(C)C(=O)Cc1ccc(S(N)(=O)=O)cn1. The van der Waals surface area contributed by atoms with Crippen molar-refractivity contribution in [1.82, 2.24) is 4.98 Å². The van der Waals surface area contributed by atoms with Gasteiger partial charge in [0.1, 0.15) is 10.7 Å². The molecule has 1 aromatic rings. The topological polar surface area (TPSA) is 90.1 Å². The van der Waals surface area contributed by atoms with Crippen LogP contribution in [-0.4, -0.2) is 19.2 Å². The molecule has 0 saturated carbocycles. The van der Waals surface area contributed by atoms with Gasteiger partial charge in [-0.15, -0.1) is 0 Å². The van der Waals surface area contributed by atoms with Crippen LogP contribution >= 0.6 is 0 Å². The fourth-order valence-electron chi connectivity index (χ4n) is 1.11. The Balaban J connectivity index is 2.87. The molecule has 0 aliphatic heterocycles. The lowest BCUT2D eigenvalue weighted by Crippen LogP contribution is -2.22. The summed E-state index contributed by atoms with van der Waals surface area (Å²) in [5.41, 5.74) is 0.109.